The molecule has 6 nitrogen and oxygen atoms in total. The number of thioether (sulfide) groups is 1. The molecule has 0 spiro atoms. The van der Waals surface area contributed by atoms with Crippen LogP contribution in [0.15, 0.2) is 41.3 Å². The van der Waals surface area contributed by atoms with E-state index in [1.165, 1.54) is 14.2 Å². The number of rotatable bonds is 5. The third-order valence-electron chi connectivity index (χ3n) is 4.20. The SMILES string of the molecule is CCc1ccc(N2C(=O)S/C(=C\c3cc(OC)c(O)c(OC)c3)C2=O)cc1. The van der Waals surface area contributed by atoms with Gasteiger partial charge in [-0.05, 0) is 59.7 Å². The first-order chi connectivity index (χ1) is 13.0. The molecule has 7 heteroatoms. The number of carbonyl (C=O) groups excluding carboxylic acids is 2. The highest BCUT2D eigenvalue weighted by Gasteiger charge is 2.36. The lowest BCUT2D eigenvalue weighted by molar-refractivity contribution is -0.113. The van der Waals surface area contributed by atoms with Crippen LogP contribution in [0.5, 0.6) is 17.2 Å². The van der Waals surface area contributed by atoms with E-state index in [1.807, 2.05) is 19.1 Å². The monoisotopic (exact) mass is 385 g/mol. The number of phenolic OH excluding ortho intramolecular Hbond substituents is 1. The molecule has 0 aliphatic carbocycles. The molecule has 3 rings (SSSR count). The predicted octanol–water partition coefficient (Wildman–Crippen LogP) is 4.21. The van der Waals surface area contributed by atoms with Crippen LogP contribution in [0.1, 0.15) is 18.1 Å². The normalized spacial score (nSPS) is 15.5. The van der Waals surface area contributed by atoms with Crippen molar-refractivity contribution in [2.75, 3.05) is 19.1 Å². The van der Waals surface area contributed by atoms with Crippen LogP contribution in [0.3, 0.4) is 0 Å². The second-order valence-corrected chi connectivity index (χ2v) is 6.80. The van der Waals surface area contributed by atoms with Crippen LogP contribution in [-0.4, -0.2) is 30.5 Å². The minimum absolute atomic E-state index is 0.124. The molecule has 0 atom stereocenters. The van der Waals surface area contributed by atoms with E-state index >= 15 is 0 Å². The minimum atomic E-state index is -0.389. The summed E-state index contributed by atoms with van der Waals surface area (Å²) in [5, 5.41) is 9.64. The van der Waals surface area contributed by atoms with Gasteiger partial charge in [0.15, 0.2) is 11.5 Å². The van der Waals surface area contributed by atoms with Gasteiger partial charge in [0, 0.05) is 0 Å². The Labute approximate surface area is 161 Å². The van der Waals surface area contributed by atoms with Crippen molar-refractivity contribution in [1.29, 1.82) is 0 Å². The van der Waals surface area contributed by atoms with Gasteiger partial charge in [-0.25, -0.2) is 4.90 Å². The average molecular weight is 385 g/mol. The fourth-order valence-corrected chi connectivity index (χ4v) is 3.56. The van der Waals surface area contributed by atoms with Gasteiger partial charge in [-0.3, -0.25) is 9.59 Å². The van der Waals surface area contributed by atoms with Crippen molar-refractivity contribution in [1.82, 2.24) is 0 Å². The zero-order chi connectivity index (χ0) is 19.6. The molecule has 2 aromatic rings. The lowest BCUT2D eigenvalue weighted by atomic mass is 10.1. The standard InChI is InChI=1S/C20H19NO5S/c1-4-12-5-7-14(8-6-12)21-19(23)17(27-20(21)24)11-13-9-15(25-2)18(22)16(10-13)26-3/h5-11,22H,4H2,1-3H3/b17-11-. The number of amides is 2. The van der Waals surface area contributed by atoms with Crippen LogP contribution in [-0.2, 0) is 11.2 Å². The van der Waals surface area contributed by atoms with Gasteiger partial charge in [0.05, 0.1) is 24.8 Å². The summed E-state index contributed by atoms with van der Waals surface area (Å²) in [4.78, 5) is 26.6. The van der Waals surface area contributed by atoms with Crippen molar-refractivity contribution in [3.05, 3.63) is 52.4 Å². The number of hydrogen-bond acceptors (Lipinski definition) is 6. The fourth-order valence-electron chi connectivity index (χ4n) is 2.72. The van der Waals surface area contributed by atoms with Crippen LogP contribution in [0, 0.1) is 0 Å². The van der Waals surface area contributed by atoms with Crippen molar-refractivity contribution in [3.63, 3.8) is 0 Å². The smallest absolute Gasteiger partial charge is 0.298 e. The number of carbonyl (C=O) groups is 2. The molecule has 0 unspecified atom stereocenters. The first-order valence-corrected chi connectivity index (χ1v) is 9.12. The minimum Gasteiger partial charge on any atom is -0.502 e. The Bertz CT molecular complexity index is 895. The summed E-state index contributed by atoms with van der Waals surface area (Å²) in [7, 11) is 2.85. The number of anilines is 1. The number of methoxy groups -OCH3 is 2. The Balaban J connectivity index is 1.94. The van der Waals surface area contributed by atoms with Gasteiger partial charge in [-0.15, -0.1) is 0 Å². The first kappa shape index (κ1) is 18.8. The van der Waals surface area contributed by atoms with Crippen molar-refractivity contribution >= 4 is 34.7 Å². The highest BCUT2D eigenvalue weighted by molar-refractivity contribution is 8.19. The summed E-state index contributed by atoms with van der Waals surface area (Å²) >= 11 is 0.867. The maximum absolute atomic E-state index is 12.8. The maximum atomic E-state index is 12.8. The van der Waals surface area contributed by atoms with Gasteiger partial charge in [-0.2, -0.15) is 0 Å². The largest absolute Gasteiger partial charge is 0.502 e. The van der Waals surface area contributed by atoms with Gasteiger partial charge < -0.3 is 14.6 Å². The molecule has 1 heterocycles. The van der Waals surface area contributed by atoms with Crippen molar-refractivity contribution in [2.45, 2.75) is 13.3 Å². The lowest BCUT2D eigenvalue weighted by Gasteiger charge is -2.13. The average Bonchev–Trinajstić information content (AvgIpc) is 2.96. The summed E-state index contributed by atoms with van der Waals surface area (Å²) in [5.74, 6) is -0.0773. The predicted molar refractivity (Wildman–Crippen MR) is 105 cm³/mol. The lowest BCUT2D eigenvalue weighted by Crippen LogP contribution is -2.27. The number of aromatic hydroxyl groups is 1. The molecular formula is C20H19NO5S. The van der Waals surface area contributed by atoms with Crippen LogP contribution >= 0.6 is 11.8 Å². The van der Waals surface area contributed by atoms with E-state index in [-0.39, 0.29) is 33.3 Å². The number of imide groups is 1. The second-order valence-electron chi connectivity index (χ2n) is 5.81. The first-order valence-electron chi connectivity index (χ1n) is 8.30. The number of phenols is 1. The Hall–Kier alpha value is -2.93. The zero-order valence-corrected chi connectivity index (χ0v) is 16.0. The molecular weight excluding hydrogens is 366 g/mol. The molecule has 1 saturated heterocycles. The Morgan fingerprint density at radius 1 is 1.07 bits per heavy atom. The Kier molecular flexibility index (Phi) is 5.41. The molecule has 0 saturated carbocycles. The van der Waals surface area contributed by atoms with Crippen LogP contribution in [0.25, 0.3) is 6.08 Å². The molecule has 1 N–H and O–H groups in total. The highest BCUT2D eigenvalue weighted by atomic mass is 32.2. The van der Waals surface area contributed by atoms with Gasteiger partial charge >= 0.3 is 0 Å². The molecule has 1 aliphatic rings. The molecule has 1 fully saturated rings. The number of hydrogen-bond donors (Lipinski definition) is 1. The molecule has 0 bridgehead atoms. The summed E-state index contributed by atoms with van der Waals surface area (Å²) in [6, 6.07) is 10.5. The molecule has 27 heavy (non-hydrogen) atoms. The fraction of sp³-hybridized carbons (Fsp3) is 0.200. The Morgan fingerprint density at radius 3 is 2.19 bits per heavy atom. The van der Waals surface area contributed by atoms with E-state index in [0.29, 0.717) is 11.3 Å². The van der Waals surface area contributed by atoms with E-state index < -0.39 is 0 Å². The van der Waals surface area contributed by atoms with E-state index in [2.05, 4.69) is 0 Å². The molecule has 0 aromatic heterocycles. The molecule has 0 radical (unpaired) electrons. The number of ether oxygens (including phenoxy) is 2. The highest BCUT2D eigenvalue weighted by Crippen LogP contribution is 2.40. The third kappa shape index (κ3) is 3.64. The van der Waals surface area contributed by atoms with Crippen molar-refractivity contribution < 1.29 is 24.2 Å². The summed E-state index contributed by atoms with van der Waals surface area (Å²) in [5.41, 5.74) is 2.25. The van der Waals surface area contributed by atoms with Crippen molar-refractivity contribution in [3.8, 4) is 17.2 Å². The van der Waals surface area contributed by atoms with E-state index in [9.17, 15) is 14.7 Å². The van der Waals surface area contributed by atoms with Crippen LogP contribution in [0.4, 0.5) is 10.5 Å². The number of benzene rings is 2. The number of nitrogens with zero attached hydrogens (tertiary/aromatic N) is 1. The molecule has 140 valence electrons. The zero-order valence-electron chi connectivity index (χ0n) is 15.2. The quantitative estimate of drug-likeness (QED) is 0.777. The van der Waals surface area contributed by atoms with Crippen LogP contribution in [0.2, 0.25) is 0 Å². The van der Waals surface area contributed by atoms with Gasteiger partial charge in [0.1, 0.15) is 0 Å². The number of aryl methyl sites for hydroxylation is 1. The van der Waals surface area contributed by atoms with Gasteiger partial charge in [0.25, 0.3) is 11.1 Å². The maximum Gasteiger partial charge on any atom is 0.298 e. The summed E-state index contributed by atoms with van der Waals surface area (Å²) in [6.07, 6.45) is 2.46. The molecule has 2 amide bonds. The summed E-state index contributed by atoms with van der Waals surface area (Å²) in [6.45, 7) is 2.04. The summed E-state index contributed by atoms with van der Waals surface area (Å²) < 4.78 is 10.2. The van der Waals surface area contributed by atoms with E-state index in [4.69, 9.17) is 9.47 Å². The van der Waals surface area contributed by atoms with E-state index in [1.54, 1.807) is 30.3 Å². The second kappa shape index (κ2) is 7.75. The third-order valence-corrected chi connectivity index (χ3v) is 5.07. The van der Waals surface area contributed by atoms with Gasteiger partial charge in [-0.1, -0.05) is 19.1 Å². The van der Waals surface area contributed by atoms with Crippen LogP contribution < -0.4 is 14.4 Å². The molecule has 1 aliphatic heterocycles. The Morgan fingerprint density at radius 2 is 1.67 bits per heavy atom. The van der Waals surface area contributed by atoms with Crippen molar-refractivity contribution in [2.24, 2.45) is 0 Å². The molecule has 2 aromatic carbocycles. The van der Waals surface area contributed by atoms with Gasteiger partial charge in [0.2, 0.25) is 5.75 Å². The van der Waals surface area contributed by atoms with E-state index in [0.717, 1.165) is 28.6 Å². The topological polar surface area (TPSA) is 76.1 Å².